The van der Waals surface area contributed by atoms with Crippen LogP contribution in [0.1, 0.15) is 44.2 Å². The molecule has 0 radical (unpaired) electrons. The maximum atomic E-state index is 12.9. The molecule has 0 aliphatic heterocycles. The first-order chi connectivity index (χ1) is 14.4. The van der Waals surface area contributed by atoms with Gasteiger partial charge in [0.1, 0.15) is 0 Å². The van der Waals surface area contributed by atoms with Crippen LogP contribution in [0.4, 0.5) is 0 Å². The lowest BCUT2D eigenvalue weighted by atomic mass is 9.89. The van der Waals surface area contributed by atoms with Crippen molar-refractivity contribution in [1.29, 1.82) is 0 Å². The van der Waals surface area contributed by atoms with E-state index in [1.165, 1.54) is 22.4 Å². The molecule has 2 unspecified atom stereocenters. The highest BCUT2D eigenvalue weighted by Gasteiger charge is 2.30. The summed E-state index contributed by atoms with van der Waals surface area (Å²) in [6.45, 7) is 2.15. The molecule has 0 saturated heterocycles. The van der Waals surface area contributed by atoms with Crippen molar-refractivity contribution in [2.45, 2.75) is 55.6 Å². The minimum atomic E-state index is -3.62. The minimum absolute atomic E-state index is 0.0710. The molecule has 30 heavy (non-hydrogen) atoms. The van der Waals surface area contributed by atoms with Crippen molar-refractivity contribution in [2.24, 2.45) is 0 Å². The molecule has 4 rings (SSSR count). The van der Waals surface area contributed by atoms with Crippen molar-refractivity contribution in [3.05, 3.63) is 77.3 Å². The van der Waals surface area contributed by atoms with Crippen LogP contribution in [0.2, 0.25) is 5.02 Å². The normalized spacial score (nSPS) is 20.9. The Balaban J connectivity index is 1.54. The molecule has 0 spiro atoms. The van der Waals surface area contributed by atoms with E-state index in [0.717, 1.165) is 25.7 Å². The molecule has 4 nitrogen and oxygen atoms in total. The maximum absolute atomic E-state index is 12.9. The summed E-state index contributed by atoms with van der Waals surface area (Å²) in [4.78, 5) is 0.210. The molecule has 0 bridgehead atoms. The van der Waals surface area contributed by atoms with Gasteiger partial charge in [-0.1, -0.05) is 73.0 Å². The van der Waals surface area contributed by atoms with E-state index in [1.807, 2.05) is 6.07 Å². The van der Waals surface area contributed by atoms with Crippen molar-refractivity contribution < 1.29 is 8.42 Å². The highest BCUT2D eigenvalue weighted by Crippen LogP contribution is 2.28. The molecule has 1 aliphatic rings. The number of hydrogen-bond acceptors (Lipinski definition) is 3. The van der Waals surface area contributed by atoms with E-state index in [1.54, 1.807) is 18.2 Å². The Morgan fingerprint density at radius 3 is 2.43 bits per heavy atom. The average molecular weight is 443 g/mol. The third-order valence-electron chi connectivity index (χ3n) is 5.93. The number of benzene rings is 3. The zero-order valence-electron chi connectivity index (χ0n) is 17.0. The number of nitrogens with one attached hydrogen (secondary N) is 2. The van der Waals surface area contributed by atoms with Crippen LogP contribution in [0, 0.1) is 0 Å². The predicted octanol–water partition coefficient (Wildman–Crippen LogP) is 5.43. The van der Waals surface area contributed by atoms with Gasteiger partial charge in [0.15, 0.2) is 0 Å². The lowest BCUT2D eigenvalue weighted by Crippen LogP contribution is -2.52. The van der Waals surface area contributed by atoms with Gasteiger partial charge in [-0.05, 0) is 54.3 Å². The Bertz CT molecular complexity index is 1130. The summed E-state index contributed by atoms with van der Waals surface area (Å²) in [7, 11) is -3.62. The maximum Gasteiger partial charge on any atom is 0.240 e. The molecular weight excluding hydrogens is 416 g/mol. The van der Waals surface area contributed by atoms with Gasteiger partial charge >= 0.3 is 0 Å². The fraction of sp³-hybridized carbons (Fsp3) is 0.333. The molecule has 158 valence electrons. The van der Waals surface area contributed by atoms with Crippen LogP contribution in [-0.2, 0) is 10.0 Å². The molecule has 0 amide bonds. The molecule has 3 atom stereocenters. The van der Waals surface area contributed by atoms with Crippen LogP contribution in [0.3, 0.4) is 0 Å². The standard InChI is InChI=1S/C24H27ClN2O2S/c1-17(21-13-6-9-18-8-2-3-12-22(18)21)26-23-14-4-5-15-24(23)27-30(28,29)20-11-7-10-19(25)16-20/h2-3,6-13,16-17,23-24,26-27H,4-5,14-15H2,1H3/t17?,23-,24?/m0/s1. The van der Waals surface area contributed by atoms with Crippen molar-refractivity contribution >= 4 is 32.4 Å². The summed E-state index contributed by atoms with van der Waals surface area (Å²) >= 11 is 6.00. The van der Waals surface area contributed by atoms with E-state index < -0.39 is 10.0 Å². The monoisotopic (exact) mass is 442 g/mol. The fourth-order valence-corrected chi connectivity index (χ4v) is 6.02. The third-order valence-corrected chi connectivity index (χ3v) is 7.66. The van der Waals surface area contributed by atoms with E-state index in [0.29, 0.717) is 5.02 Å². The number of fused-ring (bicyclic) bond motifs is 1. The van der Waals surface area contributed by atoms with Crippen molar-refractivity contribution in [1.82, 2.24) is 10.0 Å². The Hall–Kier alpha value is -1.92. The van der Waals surface area contributed by atoms with E-state index in [9.17, 15) is 8.42 Å². The van der Waals surface area contributed by atoms with Gasteiger partial charge in [-0.25, -0.2) is 13.1 Å². The largest absolute Gasteiger partial charge is 0.306 e. The molecule has 1 fully saturated rings. The fourth-order valence-electron chi connectivity index (χ4n) is 4.41. The number of rotatable bonds is 6. The predicted molar refractivity (Wildman–Crippen MR) is 123 cm³/mol. The molecule has 3 aromatic rings. The van der Waals surface area contributed by atoms with Gasteiger partial charge in [-0.2, -0.15) is 0 Å². The first-order valence-electron chi connectivity index (χ1n) is 10.5. The Kier molecular flexibility index (Phi) is 6.44. The zero-order valence-corrected chi connectivity index (χ0v) is 18.6. The van der Waals surface area contributed by atoms with Gasteiger partial charge in [0, 0.05) is 23.1 Å². The van der Waals surface area contributed by atoms with Crippen LogP contribution in [-0.4, -0.2) is 20.5 Å². The Morgan fingerprint density at radius 2 is 1.63 bits per heavy atom. The molecule has 0 heterocycles. The van der Waals surface area contributed by atoms with Crippen LogP contribution in [0.15, 0.2) is 71.6 Å². The second kappa shape index (κ2) is 9.06. The van der Waals surface area contributed by atoms with Crippen LogP contribution >= 0.6 is 11.6 Å². The van der Waals surface area contributed by atoms with Crippen LogP contribution in [0.5, 0.6) is 0 Å². The summed E-state index contributed by atoms with van der Waals surface area (Å²) in [5.74, 6) is 0. The lowest BCUT2D eigenvalue weighted by molar-refractivity contribution is 0.291. The number of sulfonamides is 1. The Labute approximate surface area is 183 Å². The third kappa shape index (κ3) is 4.70. The van der Waals surface area contributed by atoms with Crippen molar-refractivity contribution in [3.8, 4) is 0 Å². The highest BCUT2D eigenvalue weighted by atomic mass is 35.5. The highest BCUT2D eigenvalue weighted by molar-refractivity contribution is 7.89. The summed E-state index contributed by atoms with van der Waals surface area (Å²) in [5.41, 5.74) is 1.23. The van der Waals surface area contributed by atoms with Gasteiger partial charge in [-0.15, -0.1) is 0 Å². The first kappa shape index (κ1) is 21.3. The Morgan fingerprint density at radius 1 is 0.933 bits per heavy atom. The van der Waals surface area contributed by atoms with Gasteiger partial charge in [0.05, 0.1) is 4.90 Å². The second-order valence-corrected chi connectivity index (χ2v) is 10.2. The summed E-state index contributed by atoms with van der Waals surface area (Å²) < 4.78 is 28.8. The zero-order chi connectivity index (χ0) is 21.1. The quantitative estimate of drug-likeness (QED) is 0.534. The summed E-state index contributed by atoms with van der Waals surface area (Å²) in [5, 5.41) is 6.57. The topological polar surface area (TPSA) is 58.2 Å². The number of hydrogen-bond donors (Lipinski definition) is 2. The van der Waals surface area contributed by atoms with Gasteiger partial charge < -0.3 is 5.32 Å². The molecular formula is C24H27ClN2O2S. The van der Waals surface area contributed by atoms with E-state index in [2.05, 4.69) is 53.4 Å². The second-order valence-electron chi connectivity index (χ2n) is 8.03. The van der Waals surface area contributed by atoms with Gasteiger partial charge in [0.2, 0.25) is 10.0 Å². The summed E-state index contributed by atoms with van der Waals surface area (Å²) in [6.07, 6.45) is 3.87. The van der Waals surface area contributed by atoms with Crippen molar-refractivity contribution in [3.63, 3.8) is 0 Å². The molecule has 2 N–H and O–H groups in total. The minimum Gasteiger partial charge on any atom is -0.306 e. The summed E-state index contributed by atoms with van der Waals surface area (Å²) in [6, 6.07) is 21.2. The van der Waals surface area contributed by atoms with E-state index in [-0.39, 0.29) is 23.0 Å². The van der Waals surface area contributed by atoms with Crippen LogP contribution < -0.4 is 10.0 Å². The van der Waals surface area contributed by atoms with Crippen molar-refractivity contribution in [2.75, 3.05) is 0 Å². The van der Waals surface area contributed by atoms with Gasteiger partial charge in [-0.3, -0.25) is 0 Å². The molecule has 6 heteroatoms. The van der Waals surface area contributed by atoms with E-state index >= 15 is 0 Å². The smallest absolute Gasteiger partial charge is 0.240 e. The van der Waals surface area contributed by atoms with Gasteiger partial charge in [0.25, 0.3) is 0 Å². The SMILES string of the molecule is CC(N[C@H]1CCCCC1NS(=O)(=O)c1cccc(Cl)c1)c1cccc2ccccc12. The van der Waals surface area contributed by atoms with Crippen LogP contribution in [0.25, 0.3) is 10.8 Å². The molecule has 1 saturated carbocycles. The van der Waals surface area contributed by atoms with E-state index in [4.69, 9.17) is 11.6 Å². The molecule has 0 aromatic heterocycles. The first-order valence-corrected chi connectivity index (χ1v) is 12.3. The lowest BCUT2D eigenvalue weighted by Gasteiger charge is -2.35. The molecule has 1 aliphatic carbocycles. The average Bonchev–Trinajstić information content (AvgIpc) is 2.74. The number of halogens is 1. The molecule has 3 aromatic carbocycles.